The van der Waals surface area contributed by atoms with Crippen molar-refractivity contribution in [3.63, 3.8) is 0 Å². The van der Waals surface area contributed by atoms with Crippen LogP contribution in [0.4, 0.5) is 11.9 Å². The summed E-state index contributed by atoms with van der Waals surface area (Å²) in [4.78, 5) is 25.3. The van der Waals surface area contributed by atoms with Gasteiger partial charge >= 0.3 is 6.01 Å². The van der Waals surface area contributed by atoms with Crippen molar-refractivity contribution in [2.24, 2.45) is 11.7 Å². The maximum atomic E-state index is 11.3. The van der Waals surface area contributed by atoms with Gasteiger partial charge in [-0.2, -0.15) is 15.0 Å². The Morgan fingerprint density at radius 3 is 2.95 bits per heavy atom. The minimum Gasteiger partial charge on any atom is -0.464 e. The maximum Gasteiger partial charge on any atom is 0.323 e. The second-order valence-electron chi connectivity index (χ2n) is 4.40. The molecule has 1 aliphatic rings. The second kappa shape index (κ2) is 5.68. The number of aromatic nitrogens is 3. The van der Waals surface area contributed by atoms with Gasteiger partial charge in [0.2, 0.25) is 17.8 Å². The van der Waals surface area contributed by atoms with Gasteiger partial charge in [0.15, 0.2) is 0 Å². The molecule has 4 N–H and O–H groups in total. The molecule has 0 spiro atoms. The van der Waals surface area contributed by atoms with Crippen LogP contribution in [-0.2, 0) is 4.79 Å². The van der Waals surface area contributed by atoms with E-state index in [4.69, 9.17) is 16.2 Å². The van der Waals surface area contributed by atoms with Crippen molar-refractivity contribution >= 4 is 17.8 Å². The van der Waals surface area contributed by atoms with Gasteiger partial charge in [-0.25, -0.2) is 0 Å². The molecule has 2 heterocycles. The van der Waals surface area contributed by atoms with Crippen molar-refractivity contribution in [1.82, 2.24) is 15.0 Å². The number of ether oxygens (including phenoxy) is 1. The average molecular weight is 266 g/mol. The van der Waals surface area contributed by atoms with Crippen LogP contribution < -0.4 is 21.1 Å². The van der Waals surface area contributed by atoms with Gasteiger partial charge in [-0.05, 0) is 19.8 Å². The molecular weight excluding hydrogens is 248 g/mol. The number of nitrogen functional groups attached to an aromatic ring is 1. The fourth-order valence-corrected chi connectivity index (χ4v) is 2.09. The number of amides is 1. The first-order valence-corrected chi connectivity index (χ1v) is 6.28. The summed E-state index contributed by atoms with van der Waals surface area (Å²) in [7, 11) is 0. The van der Waals surface area contributed by atoms with Crippen molar-refractivity contribution in [3.05, 3.63) is 0 Å². The number of hydrogen-bond donors (Lipinski definition) is 2. The Balaban J connectivity index is 2.18. The predicted octanol–water partition coefficient (Wildman–Crippen LogP) is -0.446. The van der Waals surface area contributed by atoms with E-state index in [0.717, 1.165) is 19.4 Å². The van der Waals surface area contributed by atoms with Crippen LogP contribution in [0.2, 0.25) is 0 Å². The van der Waals surface area contributed by atoms with E-state index in [1.54, 1.807) is 0 Å². The molecular formula is C11H18N6O2. The second-order valence-corrected chi connectivity index (χ2v) is 4.40. The molecule has 0 bridgehead atoms. The lowest BCUT2D eigenvalue weighted by Gasteiger charge is -2.31. The molecule has 1 unspecified atom stereocenters. The Morgan fingerprint density at radius 1 is 1.47 bits per heavy atom. The van der Waals surface area contributed by atoms with Crippen molar-refractivity contribution in [2.75, 3.05) is 30.3 Å². The van der Waals surface area contributed by atoms with E-state index < -0.39 is 0 Å². The van der Waals surface area contributed by atoms with Crippen LogP contribution in [0.1, 0.15) is 19.8 Å². The van der Waals surface area contributed by atoms with Crippen molar-refractivity contribution in [3.8, 4) is 6.01 Å². The molecule has 0 aromatic carbocycles. The van der Waals surface area contributed by atoms with Crippen LogP contribution in [0.5, 0.6) is 6.01 Å². The zero-order valence-electron chi connectivity index (χ0n) is 10.9. The van der Waals surface area contributed by atoms with E-state index in [-0.39, 0.29) is 23.8 Å². The van der Waals surface area contributed by atoms with Crippen LogP contribution in [0.25, 0.3) is 0 Å². The summed E-state index contributed by atoms with van der Waals surface area (Å²) in [5.41, 5.74) is 11.0. The number of carbonyl (C=O) groups excluding carboxylic acids is 1. The molecule has 1 aliphatic heterocycles. The number of anilines is 2. The van der Waals surface area contributed by atoms with Gasteiger partial charge in [-0.15, -0.1) is 0 Å². The Bertz CT molecular complexity index is 466. The molecule has 0 radical (unpaired) electrons. The van der Waals surface area contributed by atoms with Gasteiger partial charge in [0.25, 0.3) is 0 Å². The lowest BCUT2D eigenvalue weighted by atomic mass is 9.98. The number of carbonyl (C=O) groups is 1. The summed E-state index contributed by atoms with van der Waals surface area (Å²) in [5, 5.41) is 0. The maximum absolute atomic E-state index is 11.3. The summed E-state index contributed by atoms with van der Waals surface area (Å²) in [5.74, 6) is 0.0654. The Hall–Kier alpha value is -2.12. The van der Waals surface area contributed by atoms with E-state index in [1.807, 2.05) is 11.8 Å². The number of nitrogens with two attached hydrogens (primary N) is 2. The smallest absolute Gasteiger partial charge is 0.323 e. The van der Waals surface area contributed by atoms with E-state index >= 15 is 0 Å². The molecule has 1 aromatic rings. The summed E-state index contributed by atoms with van der Waals surface area (Å²) >= 11 is 0. The molecule has 1 saturated heterocycles. The third-order valence-electron chi connectivity index (χ3n) is 3.00. The van der Waals surface area contributed by atoms with Crippen LogP contribution in [0.15, 0.2) is 0 Å². The predicted molar refractivity (Wildman–Crippen MR) is 69.5 cm³/mol. The topological polar surface area (TPSA) is 120 Å². The highest BCUT2D eigenvalue weighted by Crippen LogP contribution is 2.21. The molecule has 8 heteroatoms. The Kier molecular flexibility index (Phi) is 3.98. The van der Waals surface area contributed by atoms with Gasteiger partial charge in [-0.3, -0.25) is 4.79 Å². The molecule has 0 saturated carbocycles. The summed E-state index contributed by atoms with van der Waals surface area (Å²) < 4.78 is 5.23. The van der Waals surface area contributed by atoms with Crippen LogP contribution >= 0.6 is 0 Å². The Labute approximate surface area is 111 Å². The SMILES string of the molecule is CCOc1nc(N)nc(N2CCCC(C(N)=O)C2)n1. The van der Waals surface area contributed by atoms with Crippen molar-refractivity contribution in [2.45, 2.75) is 19.8 Å². The van der Waals surface area contributed by atoms with E-state index in [2.05, 4.69) is 15.0 Å². The highest BCUT2D eigenvalue weighted by atomic mass is 16.5. The molecule has 19 heavy (non-hydrogen) atoms. The van der Waals surface area contributed by atoms with E-state index in [1.165, 1.54) is 0 Å². The summed E-state index contributed by atoms with van der Waals surface area (Å²) in [6.07, 6.45) is 1.66. The van der Waals surface area contributed by atoms with E-state index in [0.29, 0.717) is 19.1 Å². The molecule has 1 atom stereocenters. The number of rotatable bonds is 4. The third-order valence-corrected chi connectivity index (χ3v) is 3.00. The summed E-state index contributed by atoms with van der Waals surface area (Å²) in [6, 6.07) is 0.200. The van der Waals surface area contributed by atoms with Crippen LogP contribution in [0, 0.1) is 5.92 Å². The highest BCUT2D eigenvalue weighted by Gasteiger charge is 2.26. The van der Waals surface area contributed by atoms with Gasteiger partial charge in [0.1, 0.15) is 0 Å². The molecule has 8 nitrogen and oxygen atoms in total. The minimum absolute atomic E-state index is 0.106. The standard InChI is InChI=1S/C11H18N6O2/c1-2-19-11-15-9(13)14-10(16-11)17-5-3-4-7(6-17)8(12)18/h7H,2-6H2,1H3,(H2,12,18)(H2,13,14,15,16). The van der Waals surface area contributed by atoms with Crippen molar-refractivity contribution < 1.29 is 9.53 Å². The molecule has 1 amide bonds. The van der Waals surface area contributed by atoms with Crippen LogP contribution in [-0.4, -0.2) is 40.6 Å². The average Bonchev–Trinajstić information content (AvgIpc) is 2.38. The van der Waals surface area contributed by atoms with Gasteiger partial charge < -0.3 is 21.1 Å². The first-order chi connectivity index (χ1) is 9.10. The minimum atomic E-state index is -0.295. The molecule has 1 aromatic heterocycles. The summed E-state index contributed by atoms with van der Waals surface area (Å²) in [6.45, 7) is 3.56. The lowest BCUT2D eigenvalue weighted by Crippen LogP contribution is -2.42. The quantitative estimate of drug-likeness (QED) is 0.757. The number of piperidine rings is 1. The fraction of sp³-hybridized carbons (Fsp3) is 0.636. The number of hydrogen-bond acceptors (Lipinski definition) is 7. The largest absolute Gasteiger partial charge is 0.464 e. The first-order valence-electron chi connectivity index (χ1n) is 6.28. The normalized spacial score (nSPS) is 19.2. The van der Waals surface area contributed by atoms with Gasteiger partial charge in [0.05, 0.1) is 12.5 Å². The first kappa shape index (κ1) is 13.3. The zero-order chi connectivity index (χ0) is 13.8. The number of nitrogens with zero attached hydrogens (tertiary/aromatic N) is 4. The molecule has 104 valence electrons. The molecule has 2 rings (SSSR count). The van der Waals surface area contributed by atoms with Crippen molar-refractivity contribution in [1.29, 1.82) is 0 Å². The highest BCUT2D eigenvalue weighted by molar-refractivity contribution is 5.77. The monoisotopic (exact) mass is 266 g/mol. The molecule has 0 aliphatic carbocycles. The molecule has 1 fully saturated rings. The van der Waals surface area contributed by atoms with Gasteiger partial charge in [-0.1, -0.05) is 0 Å². The fourth-order valence-electron chi connectivity index (χ4n) is 2.09. The third kappa shape index (κ3) is 3.21. The van der Waals surface area contributed by atoms with E-state index in [9.17, 15) is 4.79 Å². The Morgan fingerprint density at radius 2 is 2.26 bits per heavy atom. The lowest BCUT2D eigenvalue weighted by molar-refractivity contribution is -0.122. The van der Waals surface area contributed by atoms with Crippen LogP contribution in [0.3, 0.4) is 0 Å². The number of primary amides is 1. The van der Waals surface area contributed by atoms with Gasteiger partial charge in [0, 0.05) is 13.1 Å². The zero-order valence-corrected chi connectivity index (χ0v) is 10.9.